The molecular weight excluding hydrogens is 236 g/mol. The average molecular weight is 260 g/mol. The van der Waals surface area contributed by atoms with E-state index in [1.54, 1.807) is 0 Å². The molecule has 2 aliphatic rings. The van der Waals surface area contributed by atoms with Crippen molar-refractivity contribution >= 4 is 0 Å². The summed E-state index contributed by atoms with van der Waals surface area (Å²) in [7, 11) is 0. The smallest absolute Gasteiger partial charge is 0.131 e. The standard InChI is InChI=1S/C16H24N2O/c1-9(2)15-17-13-11(14(18-15)16(3,4)5)8-10-6-7-12(13)19-10/h9-10,12H,6-8H2,1-5H3. The third-order valence-electron chi connectivity index (χ3n) is 4.13. The summed E-state index contributed by atoms with van der Waals surface area (Å²) < 4.78 is 6.04. The zero-order valence-electron chi connectivity index (χ0n) is 12.7. The first-order chi connectivity index (χ1) is 8.86. The quantitative estimate of drug-likeness (QED) is 0.772. The van der Waals surface area contributed by atoms with Crippen molar-refractivity contribution in [1.29, 1.82) is 0 Å². The van der Waals surface area contributed by atoms with Gasteiger partial charge in [-0.3, -0.25) is 0 Å². The third-order valence-corrected chi connectivity index (χ3v) is 4.13. The molecule has 2 aliphatic heterocycles. The van der Waals surface area contributed by atoms with Crippen LogP contribution in [0.3, 0.4) is 0 Å². The van der Waals surface area contributed by atoms with Crippen LogP contribution in [0.5, 0.6) is 0 Å². The Balaban J connectivity index is 2.19. The largest absolute Gasteiger partial charge is 0.368 e. The van der Waals surface area contributed by atoms with Gasteiger partial charge in [-0.25, -0.2) is 9.97 Å². The number of fused-ring (bicyclic) bond motifs is 4. The van der Waals surface area contributed by atoms with Gasteiger partial charge in [0.2, 0.25) is 0 Å². The lowest BCUT2D eigenvalue weighted by Gasteiger charge is -2.30. The Bertz CT molecular complexity index is 502. The summed E-state index contributed by atoms with van der Waals surface area (Å²) in [4.78, 5) is 9.72. The van der Waals surface area contributed by atoms with E-state index in [4.69, 9.17) is 14.7 Å². The predicted molar refractivity (Wildman–Crippen MR) is 75.4 cm³/mol. The molecule has 2 bridgehead atoms. The molecular formula is C16H24N2O. The van der Waals surface area contributed by atoms with E-state index in [0.29, 0.717) is 12.0 Å². The highest BCUT2D eigenvalue weighted by molar-refractivity contribution is 5.36. The fourth-order valence-electron chi connectivity index (χ4n) is 3.15. The predicted octanol–water partition coefficient (Wildman–Crippen LogP) is 3.67. The lowest BCUT2D eigenvalue weighted by Crippen LogP contribution is -2.27. The van der Waals surface area contributed by atoms with Crippen LogP contribution in [-0.2, 0) is 16.6 Å². The Kier molecular flexibility index (Phi) is 2.93. The van der Waals surface area contributed by atoms with Crippen LogP contribution < -0.4 is 0 Å². The van der Waals surface area contributed by atoms with Crippen molar-refractivity contribution in [3.8, 4) is 0 Å². The molecule has 19 heavy (non-hydrogen) atoms. The second-order valence-electron chi connectivity index (χ2n) is 7.23. The van der Waals surface area contributed by atoms with Crippen LogP contribution in [0.1, 0.15) is 82.3 Å². The summed E-state index contributed by atoms with van der Waals surface area (Å²) in [6.07, 6.45) is 3.90. The van der Waals surface area contributed by atoms with Crippen molar-refractivity contribution in [2.24, 2.45) is 0 Å². The van der Waals surface area contributed by atoms with Gasteiger partial charge in [-0.2, -0.15) is 0 Å². The maximum absolute atomic E-state index is 6.04. The van der Waals surface area contributed by atoms with Crippen molar-refractivity contribution in [2.45, 2.75) is 77.4 Å². The van der Waals surface area contributed by atoms with Crippen LogP contribution in [0, 0.1) is 0 Å². The fraction of sp³-hybridized carbons (Fsp3) is 0.750. The normalized spacial score (nSPS) is 25.8. The SMILES string of the molecule is CC(C)c1nc2c(c(C(C)(C)C)n1)CC1CCC2O1. The Morgan fingerprint density at radius 3 is 2.53 bits per heavy atom. The highest BCUT2D eigenvalue weighted by Gasteiger charge is 2.38. The van der Waals surface area contributed by atoms with E-state index in [9.17, 15) is 0 Å². The van der Waals surface area contributed by atoms with Gasteiger partial charge in [0.25, 0.3) is 0 Å². The summed E-state index contributed by atoms with van der Waals surface area (Å²) in [6, 6.07) is 0. The zero-order chi connectivity index (χ0) is 13.8. The van der Waals surface area contributed by atoms with Crippen LogP contribution in [-0.4, -0.2) is 16.1 Å². The highest BCUT2D eigenvalue weighted by atomic mass is 16.5. The van der Waals surface area contributed by atoms with Gasteiger partial charge >= 0.3 is 0 Å². The van der Waals surface area contributed by atoms with Crippen LogP contribution in [0.25, 0.3) is 0 Å². The van der Waals surface area contributed by atoms with Crippen LogP contribution in [0.15, 0.2) is 0 Å². The Morgan fingerprint density at radius 1 is 1.16 bits per heavy atom. The molecule has 3 nitrogen and oxygen atoms in total. The van der Waals surface area contributed by atoms with E-state index in [2.05, 4.69) is 34.6 Å². The highest BCUT2D eigenvalue weighted by Crippen LogP contribution is 2.43. The number of rotatable bonds is 1. The molecule has 0 aliphatic carbocycles. The first-order valence-electron chi connectivity index (χ1n) is 7.43. The molecule has 0 aromatic carbocycles. The van der Waals surface area contributed by atoms with E-state index in [1.165, 1.54) is 23.4 Å². The minimum Gasteiger partial charge on any atom is -0.368 e. The molecule has 104 valence electrons. The number of aromatic nitrogens is 2. The molecule has 1 aromatic heterocycles. The molecule has 3 heterocycles. The lowest BCUT2D eigenvalue weighted by molar-refractivity contribution is 0.0283. The molecule has 3 rings (SSSR count). The Morgan fingerprint density at radius 2 is 1.89 bits per heavy atom. The fourth-order valence-corrected chi connectivity index (χ4v) is 3.15. The number of nitrogens with zero attached hydrogens (tertiary/aromatic N) is 2. The van der Waals surface area contributed by atoms with Gasteiger partial charge in [-0.15, -0.1) is 0 Å². The average Bonchev–Trinajstić information content (AvgIpc) is 2.70. The molecule has 0 radical (unpaired) electrons. The molecule has 3 heteroatoms. The van der Waals surface area contributed by atoms with Crippen molar-refractivity contribution in [2.75, 3.05) is 0 Å². The summed E-state index contributed by atoms with van der Waals surface area (Å²) in [5, 5.41) is 0. The minimum atomic E-state index is 0.0768. The molecule has 0 N–H and O–H groups in total. The van der Waals surface area contributed by atoms with Gasteiger partial charge in [0.15, 0.2) is 0 Å². The second-order valence-corrected chi connectivity index (χ2v) is 7.23. The summed E-state index contributed by atoms with van der Waals surface area (Å²) in [5.74, 6) is 1.34. The van der Waals surface area contributed by atoms with Crippen LogP contribution >= 0.6 is 0 Å². The number of ether oxygens (including phenoxy) is 1. The van der Waals surface area contributed by atoms with Crippen LogP contribution in [0.2, 0.25) is 0 Å². The van der Waals surface area contributed by atoms with E-state index in [1.807, 2.05) is 0 Å². The van der Waals surface area contributed by atoms with Crippen molar-refractivity contribution in [3.05, 3.63) is 22.8 Å². The van der Waals surface area contributed by atoms with E-state index in [-0.39, 0.29) is 11.5 Å². The number of hydrogen-bond donors (Lipinski definition) is 0. The molecule has 2 atom stereocenters. The second kappa shape index (κ2) is 4.27. The van der Waals surface area contributed by atoms with E-state index < -0.39 is 0 Å². The molecule has 1 saturated heterocycles. The van der Waals surface area contributed by atoms with Crippen molar-refractivity contribution < 1.29 is 4.74 Å². The van der Waals surface area contributed by atoms with Gasteiger partial charge in [0.1, 0.15) is 11.9 Å². The molecule has 1 fully saturated rings. The third kappa shape index (κ3) is 2.18. The maximum atomic E-state index is 6.04. The molecule has 0 spiro atoms. The molecule has 2 unspecified atom stereocenters. The maximum Gasteiger partial charge on any atom is 0.131 e. The summed E-state index contributed by atoms with van der Waals surface area (Å²) >= 11 is 0. The van der Waals surface area contributed by atoms with Crippen LogP contribution in [0.4, 0.5) is 0 Å². The summed E-state index contributed by atoms with van der Waals surface area (Å²) in [6.45, 7) is 11.1. The lowest BCUT2D eigenvalue weighted by atomic mass is 9.85. The Hall–Kier alpha value is -0.960. The van der Waals surface area contributed by atoms with E-state index in [0.717, 1.165) is 18.7 Å². The van der Waals surface area contributed by atoms with E-state index >= 15 is 0 Å². The first-order valence-corrected chi connectivity index (χ1v) is 7.43. The summed E-state index contributed by atoms with van der Waals surface area (Å²) in [5.41, 5.74) is 3.86. The zero-order valence-corrected chi connectivity index (χ0v) is 12.7. The van der Waals surface area contributed by atoms with Crippen molar-refractivity contribution in [1.82, 2.24) is 9.97 Å². The van der Waals surface area contributed by atoms with Gasteiger partial charge in [-0.1, -0.05) is 34.6 Å². The number of hydrogen-bond acceptors (Lipinski definition) is 3. The van der Waals surface area contributed by atoms with Gasteiger partial charge < -0.3 is 4.74 Å². The first kappa shape index (κ1) is 13.0. The minimum absolute atomic E-state index is 0.0768. The van der Waals surface area contributed by atoms with Gasteiger partial charge in [-0.05, 0) is 12.8 Å². The van der Waals surface area contributed by atoms with Crippen molar-refractivity contribution in [3.63, 3.8) is 0 Å². The molecule has 0 amide bonds. The Labute approximate surface area is 115 Å². The monoisotopic (exact) mass is 260 g/mol. The van der Waals surface area contributed by atoms with Gasteiger partial charge in [0, 0.05) is 23.3 Å². The topological polar surface area (TPSA) is 35.0 Å². The molecule has 0 saturated carbocycles. The molecule has 1 aromatic rings. The van der Waals surface area contributed by atoms with Gasteiger partial charge in [0.05, 0.1) is 17.5 Å².